The first kappa shape index (κ1) is 33.5. The van der Waals surface area contributed by atoms with Crippen LogP contribution in [0.3, 0.4) is 0 Å². The number of anilines is 1. The van der Waals surface area contributed by atoms with Crippen LogP contribution < -0.4 is 14.4 Å². The van der Waals surface area contributed by atoms with E-state index in [0.717, 1.165) is 4.31 Å². The first-order valence-electron chi connectivity index (χ1n) is 13.4. The van der Waals surface area contributed by atoms with E-state index < -0.39 is 28.5 Å². The Bertz CT molecular complexity index is 1500. The molecule has 12 heteroatoms. The summed E-state index contributed by atoms with van der Waals surface area (Å²) < 4.78 is 34.8. The second-order valence-electron chi connectivity index (χ2n) is 9.62. The van der Waals surface area contributed by atoms with Gasteiger partial charge in [0.1, 0.15) is 18.3 Å². The van der Waals surface area contributed by atoms with Crippen LogP contribution in [0.5, 0.6) is 5.75 Å². The van der Waals surface area contributed by atoms with Gasteiger partial charge >= 0.3 is 0 Å². The molecule has 0 heterocycles. The van der Waals surface area contributed by atoms with Crippen molar-refractivity contribution in [2.45, 2.75) is 57.6 Å². The van der Waals surface area contributed by atoms with Gasteiger partial charge in [0.25, 0.3) is 10.0 Å². The van der Waals surface area contributed by atoms with E-state index in [2.05, 4.69) is 5.32 Å². The van der Waals surface area contributed by atoms with Gasteiger partial charge in [-0.05, 0) is 81.3 Å². The Kier molecular flexibility index (Phi) is 11.9. The number of amides is 2. The van der Waals surface area contributed by atoms with Crippen LogP contribution in [0.1, 0.15) is 39.7 Å². The van der Waals surface area contributed by atoms with Gasteiger partial charge in [-0.3, -0.25) is 13.9 Å². The molecule has 3 aromatic carbocycles. The zero-order chi connectivity index (χ0) is 31.0. The monoisotopic (exact) mass is 653 g/mol. The number of nitrogens with one attached hydrogen (secondary N) is 1. The third-order valence-electron chi connectivity index (χ3n) is 6.64. The van der Waals surface area contributed by atoms with Crippen molar-refractivity contribution >= 4 is 62.3 Å². The molecule has 0 unspecified atom stereocenters. The van der Waals surface area contributed by atoms with E-state index in [4.69, 9.17) is 39.5 Å². The molecule has 3 aromatic rings. The van der Waals surface area contributed by atoms with Gasteiger partial charge in [0.05, 0.1) is 17.2 Å². The van der Waals surface area contributed by atoms with Crippen LogP contribution in [-0.2, 0) is 26.2 Å². The molecular formula is C30H34Cl3N3O5S. The fourth-order valence-corrected chi connectivity index (χ4v) is 6.09. The lowest BCUT2D eigenvalue weighted by molar-refractivity contribution is -0.139. The summed E-state index contributed by atoms with van der Waals surface area (Å²) in [4.78, 5) is 28.6. The lowest BCUT2D eigenvalue weighted by Crippen LogP contribution is -2.52. The number of para-hydroxylation sites is 2. The van der Waals surface area contributed by atoms with Crippen molar-refractivity contribution in [2.75, 3.05) is 17.5 Å². The summed E-state index contributed by atoms with van der Waals surface area (Å²) in [6.07, 6.45) is 0.691. The van der Waals surface area contributed by atoms with Crippen LogP contribution in [0, 0.1) is 0 Å². The third-order valence-corrected chi connectivity index (χ3v) is 9.25. The molecule has 0 fully saturated rings. The maximum atomic E-state index is 14.1. The summed E-state index contributed by atoms with van der Waals surface area (Å²) in [5, 5.41) is 3.98. The number of rotatable bonds is 13. The predicted octanol–water partition coefficient (Wildman–Crippen LogP) is 6.57. The van der Waals surface area contributed by atoms with Crippen molar-refractivity contribution in [1.82, 2.24) is 10.2 Å². The molecule has 42 heavy (non-hydrogen) atoms. The van der Waals surface area contributed by atoms with Crippen LogP contribution >= 0.6 is 34.8 Å². The maximum Gasteiger partial charge on any atom is 0.264 e. The molecule has 3 rings (SSSR count). The predicted molar refractivity (Wildman–Crippen MR) is 168 cm³/mol. The van der Waals surface area contributed by atoms with Gasteiger partial charge < -0.3 is 15.0 Å². The smallest absolute Gasteiger partial charge is 0.264 e. The zero-order valence-corrected chi connectivity index (χ0v) is 26.9. The van der Waals surface area contributed by atoms with Crippen molar-refractivity contribution < 1.29 is 22.7 Å². The van der Waals surface area contributed by atoms with Gasteiger partial charge in [-0.25, -0.2) is 8.42 Å². The topological polar surface area (TPSA) is 96.0 Å². The first-order chi connectivity index (χ1) is 19.9. The molecule has 0 saturated heterocycles. The van der Waals surface area contributed by atoms with E-state index in [0.29, 0.717) is 27.1 Å². The van der Waals surface area contributed by atoms with Crippen molar-refractivity contribution in [2.24, 2.45) is 0 Å². The molecule has 0 aliphatic carbocycles. The number of hydrogen-bond acceptors (Lipinski definition) is 5. The summed E-state index contributed by atoms with van der Waals surface area (Å²) in [5.41, 5.74) is 0.711. The summed E-state index contributed by atoms with van der Waals surface area (Å²) in [6.45, 7) is 6.74. The maximum absolute atomic E-state index is 14.1. The highest BCUT2D eigenvalue weighted by atomic mass is 35.5. The Hall–Kier alpha value is -2.98. The Morgan fingerprint density at radius 3 is 2.19 bits per heavy atom. The number of nitrogens with zero attached hydrogens (tertiary/aromatic N) is 2. The fraction of sp³-hybridized carbons (Fsp3) is 0.333. The van der Waals surface area contributed by atoms with Gasteiger partial charge in [0.2, 0.25) is 11.8 Å². The van der Waals surface area contributed by atoms with Crippen molar-refractivity contribution in [3.8, 4) is 5.75 Å². The molecule has 0 spiro atoms. The van der Waals surface area contributed by atoms with Crippen LogP contribution in [-0.4, -0.2) is 50.4 Å². The Balaban J connectivity index is 2.10. The molecule has 2 atom stereocenters. The Morgan fingerprint density at radius 1 is 0.929 bits per heavy atom. The van der Waals surface area contributed by atoms with Crippen molar-refractivity contribution in [3.05, 3.63) is 87.4 Å². The molecule has 1 N–H and O–H groups in total. The Morgan fingerprint density at radius 2 is 1.57 bits per heavy atom. The summed E-state index contributed by atoms with van der Waals surface area (Å²) in [6, 6.07) is 15.9. The second-order valence-corrected chi connectivity index (χ2v) is 12.8. The fourth-order valence-electron chi connectivity index (χ4n) is 4.07. The number of carbonyl (C=O) groups is 2. The normalized spacial score (nSPS) is 12.7. The van der Waals surface area contributed by atoms with Crippen LogP contribution in [0.4, 0.5) is 5.69 Å². The van der Waals surface area contributed by atoms with E-state index in [-0.39, 0.29) is 41.4 Å². The number of hydrogen-bond donors (Lipinski definition) is 1. The largest absolute Gasteiger partial charge is 0.492 e. The molecule has 226 valence electrons. The van der Waals surface area contributed by atoms with Crippen molar-refractivity contribution in [1.29, 1.82) is 0 Å². The van der Waals surface area contributed by atoms with E-state index in [1.165, 1.54) is 29.2 Å². The minimum atomic E-state index is -4.29. The number of sulfonamides is 1. The quantitative estimate of drug-likeness (QED) is 0.225. The minimum absolute atomic E-state index is 0.0636. The highest BCUT2D eigenvalue weighted by Gasteiger charge is 2.34. The lowest BCUT2D eigenvalue weighted by Gasteiger charge is -2.33. The van der Waals surface area contributed by atoms with Crippen molar-refractivity contribution in [3.63, 3.8) is 0 Å². The van der Waals surface area contributed by atoms with Crippen LogP contribution in [0.15, 0.2) is 71.6 Å². The molecule has 0 radical (unpaired) electrons. The molecule has 0 aromatic heterocycles. The minimum Gasteiger partial charge on any atom is -0.492 e. The molecular weight excluding hydrogens is 621 g/mol. The Labute approximate surface area is 262 Å². The summed E-state index contributed by atoms with van der Waals surface area (Å²) in [5.74, 6) is -0.735. The molecule has 8 nitrogen and oxygen atoms in total. The van der Waals surface area contributed by atoms with E-state index in [9.17, 15) is 18.0 Å². The first-order valence-corrected chi connectivity index (χ1v) is 16.0. The van der Waals surface area contributed by atoms with Gasteiger partial charge in [-0.2, -0.15) is 0 Å². The van der Waals surface area contributed by atoms with Crippen LogP contribution in [0.2, 0.25) is 15.1 Å². The molecule has 0 aliphatic rings. The van der Waals surface area contributed by atoms with E-state index in [1.807, 2.05) is 13.8 Å². The third kappa shape index (κ3) is 8.31. The number of carbonyl (C=O) groups excluding carboxylic acids is 2. The summed E-state index contributed by atoms with van der Waals surface area (Å²) in [7, 11) is -4.29. The SMILES string of the molecule is CCOc1ccccc1N(CC(=O)N(Cc1ccc(Cl)cc1Cl)[C@H](C)C(=O)N[C@H](C)CC)S(=O)(=O)c1ccc(Cl)cc1. The average Bonchev–Trinajstić information content (AvgIpc) is 2.95. The van der Waals surface area contributed by atoms with Crippen LogP contribution in [0.25, 0.3) is 0 Å². The number of halogens is 3. The van der Waals surface area contributed by atoms with E-state index >= 15 is 0 Å². The zero-order valence-electron chi connectivity index (χ0n) is 23.8. The van der Waals surface area contributed by atoms with Gasteiger partial charge in [-0.15, -0.1) is 0 Å². The summed E-state index contributed by atoms with van der Waals surface area (Å²) >= 11 is 18.5. The van der Waals surface area contributed by atoms with Gasteiger partial charge in [0.15, 0.2) is 0 Å². The number of ether oxygens (including phenoxy) is 1. The lowest BCUT2D eigenvalue weighted by atomic mass is 10.1. The molecule has 2 amide bonds. The second kappa shape index (κ2) is 15.0. The average molecular weight is 655 g/mol. The van der Waals surface area contributed by atoms with Gasteiger partial charge in [0, 0.05) is 27.7 Å². The van der Waals surface area contributed by atoms with E-state index in [1.54, 1.807) is 56.3 Å². The molecule has 0 saturated carbocycles. The number of benzene rings is 3. The van der Waals surface area contributed by atoms with Gasteiger partial charge in [-0.1, -0.05) is 59.9 Å². The molecule has 0 bridgehead atoms. The standard InChI is InChI=1S/C30H34Cl3N3O5S/c1-5-20(3)34-30(38)21(4)35(18-22-11-12-24(32)17-26(22)33)29(37)19-36(27-9-7-8-10-28(27)41-6-2)42(39,40)25-15-13-23(31)14-16-25/h7-17,20-21H,5-6,18-19H2,1-4H3,(H,34,38)/t20-,21-/m1/s1. The highest BCUT2D eigenvalue weighted by molar-refractivity contribution is 7.92. The molecule has 0 aliphatic heterocycles. The highest BCUT2D eigenvalue weighted by Crippen LogP contribution is 2.33.